The second kappa shape index (κ2) is 8.84. The van der Waals surface area contributed by atoms with Crippen LogP contribution in [-0.4, -0.2) is 38.4 Å². The highest BCUT2D eigenvalue weighted by atomic mass is 32.2. The molecule has 0 fully saturated rings. The predicted octanol–water partition coefficient (Wildman–Crippen LogP) is 4.50. The van der Waals surface area contributed by atoms with Crippen molar-refractivity contribution in [3.05, 3.63) is 46.1 Å². The summed E-state index contributed by atoms with van der Waals surface area (Å²) >= 11 is 3.07. The topological polar surface area (TPSA) is 81.4 Å². The van der Waals surface area contributed by atoms with E-state index in [0.29, 0.717) is 11.7 Å². The molecular weight excluding hydrogens is 430 g/mol. The van der Waals surface area contributed by atoms with Gasteiger partial charge in [0.1, 0.15) is 16.4 Å². The molecule has 0 aliphatic carbocycles. The highest BCUT2D eigenvalue weighted by molar-refractivity contribution is 7.99. The molecule has 0 saturated heterocycles. The van der Waals surface area contributed by atoms with E-state index in [9.17, 15) is 4.79 Å². The molecule has 162 valence electrons. The first kappa shape index (κ1) is 21.6. The van der Waals surface area contributed by atoms with Gasteiger partial charge in [-0.3, -0.25) is 9.20 Å². The zero-order valence-corrected chi connectivity index (χ0v) is 19.9. The molecule has 31 heavy (non-hydrogen) atoms. The normalized spacial score (nSPS) is 11.5. The summed E-state index contributed by atoms with van der Waals surface area (Å²) in [7, 11) is 1.63. The van der Waals surface area contributed by atoms with E-state index in [1.807, 2.05) is 28.7 Å². The highest BCUT2D eigenvalue weighted by Crippen LogP contribution is 2.34. The number of aromatic nitrogens is 4. The molecule has 0 aliphatic rings. The minimum atomic E-state index is -0.0553. The third kappa shape index (κ3) is 4.24. The third-order valence-corrected chi connectivity index (χ3v) is 7.20. The van der Waals surface area contributed by atoms with Crippen molar-refractivity contribution in [3.63, 3.8) is 0 Å². The number of thioether (sulfide) groups is 1. The number of fused-ring (bicyclic) bond motifs is 3. The second-order valence-corrected chi connectivity index (χ2v) is 9.79. The van der Waals surface area contributed by atoms with Gasteiger partial charge < -0.3 is 10.1 Å². The Morgan fingerprint density at radius 1 is 1.23 bits per heavy atom. The fraction of sp³-hybridized carbons (Fsp3) is 0.364. The standard InChI is InChI=1S/C22H25N5O2S2/c1-12(2)19-24-21-18(13(3)14(4)31-21)20-25-26-22(27(19)20)30-11-17(28)23-10-15-6-8-16(29-5)9-7-15/h6-9,12H,10-11H2,1-5H3,(H,23,28). The Morgan fingerprint density at radius 2 is 1.97 bits per heavy atom. The highest BCUT2D eigenvalue weighted by Gasteiger charge is 2.21. The van der Waals surface area contributed by atoms with Gasteiger partial charge in [0.15, 0.2) is 10.8 Å². The maximum Gasteiger partial charge on any atom is 0.230 e. The number of methoxy groups -OCH3 is 1. The first-order valence-electron chi connectivity index (χ1n) is 10.1. The Hall–Kier alpha value is -2.65. The van der Waals surface area contributed by atoms with Crippen LogP contribution in [0.15, 0.2) is 29.4 Å². The summed E-state index contributed by atoms with van der Waals surface area (Å²) in [5.41, 5.74) is 3.02. The van der Waals surface area contributed by atoms with Crippen LogP contribution in [-0.2, 0) is 11.3 Å². The molecule has 1 N–H and O–H groups in total. The summed E-state index contributed by atoms with van der Waals surface area (Å²) in [6.07, 6.45) is 0. The molecule has 3 aromatic heterocycles. The molecule has 4 rings (SSSR count). The molecule has 4 aromatic rings. The number of hydrogen-bond acceptors (Lipinski definition) is 7. The van der Waals surface area contributed by atoms with Crippen molar-refractivity contribution >= 4 is 44.9 Å². The van der Waals surface area contributed by atoms with Crippen LogP contribution in [0.3, 0.4) is 0 Å². The van der Waals surface area contributed by atoms with Crippen molar-refractivity contribution in [2.75, 3.05) is 12.9 Å². The summed E-state index contributed by atoms with van der Waals surface area (Å²) in [4.78, 5) is 19.6. The number of aryl methyl sites for hydroxylation is 2. The number of hydrogen-bond donors (Lipinski definition) is 1. The lowest BCUT2D eigenvalue weighted by Gasteiger charge is -2.10. The molecule has 0 spiro atoms. The van der Waals surface area contributed by atoms with Gasteiger partial charge in [0.25, 0.3) is 0 Å². The Kier molecular flexibility index (Phi) is 6.15. The lowest BCUT2D eigenvalue weighted by atomic mass is 10.2. The Bertz CT molecular complexity index is 1240. The van der Waals surface area contributed by atoms with E-state index in [1.54, 1.807) is 18.4 Å². The van der Waals surface area contributed by atoms with E-state index >= 15 is 0 Å². The minimum absolute atomic E-state index is 0.0553. The average Bonchev–Trinajstić information content (AvgIpc) is 3.30. The lowest BCUT2D eigenvalue weighted by molar-refractivity contribution is -0.118. The quantitative estimate of drug-likeness (QED) is 0.413. The Morgan fingerprint density at radius 3 is 2.65 bits per heavy atom. The number of benzene rings is 1. The molecule has 1 amide bonds. The van der Waals surface area contributed by atoms with Gasteiger partial charge in [-0.2, -0.15) is 0 Å². The molecule has 0 aliphatic heterocycles. The van der Waals surface area contributed by atoms with E-state index in [2.05, 4.69) is 43.2 Å². The zero-order chi connectivity index (χ0) is 22.1. The molecule has 7 nitrogen and oxygen atoms in total. The van der Waals surface area contributed by atoms with E-state index in [0.717, 1.165) is 33.0 Å². The first-order chi connectivity index (χ1) is 14.9. The van der Waals surface area contributed by atoms with E-state index < -0.39 is 0 Å². The van der Waals surface area contributed by atoms with Gasteiger partial charge in [-0.1, -0.05) is 37.7 Å². The number of thiophene rings is 1. The molecule has 0 atom stereocenters. The third-order valence-electron chi connectivity index (χ3n) is 5.17. The first-order valence-corrected chi connectivity index (χ1v) is 11.9. The van der Waals surface area contributed by atoms with Gasteiger partial charge in [0.05, 0.1) is 18.2 Å². The van der Waals surface area contributed by atoms with Crippen LogP contribution < -0.4 is 10.1 Å². The van der Waals surface area contributed by atoms with Crippen molar-refractivity contribution < 1.29 is 9.53 Å². The summed E-state index contributed by atoms with van der Waals surface area (Å²) < 4.78 is 7.17. The number of nitrogens with one attached hydrogen (secondary N) is 1. The number of amides is 1. The summed E-state index contributed by atoms with van der Waals surface area (Å²) in [5, 5.41) is 13.6. The molecule has 1 aromatic carbocycles. The van der Waals surface area contributed by atoms with Crippen molar-refractivity contribution in [2.24, 2.45) is 0 Å². The fourth-order valence-corrected chi connectivity index (χ4v) is 5.15. The van der Waals surface area contributed by atoms with E-state index in [1.165, 1.54) is 22.2 Å². The maximum atomic E-state index is 12.4. The molecule has 3 heterocycles. The summed E-state index contributed by atoms with van der Waals surface area (Å²) in [5.74, 6) is 2.11. The van der Waals surface area contributed by atoms with Gasteiger partial charge in [-0.25, -0.2) is 4.98 Å². The van der Waals surface area contributed by atoms with Gasteiger partial charge in [-0.05, 0) is 37.1 Å². The monoisotopic (exact) mass is 455 g/mol. The maximum absolute atomic E-state index is 12.4. The van der Waals surface area contributed by atoms with Gasteiger partial charge in [0.2, 0.25) is 5.91 Å². The lowest BCUT2D eigenvalue weighted by Crippen LogP contribution is -2.24. The van der Waals surface area contributed by atoms with Gasteiger partial charge in [-0.15, -0.1) is 21.5 Å². The fourth-order valence-electron chi connectivity index (χ4n) is 3.35. The Balaban J connectivity index is 1.53. The average molecular weight is 456 g/mol. The second-order valence-electron chi connectivity index (χ2n) is 7.64. The summed E-state index contributed by atoms with van der Waals surface area (Å²) in [6, 6.07) is 7.65. The predicted molar refractivity (Wildman–Crippen MR) is 125 cm³/mol. The van der Waals surface area contributed by atoms with Gasteiger partial charge >= 0.3 is 0 Å². The van der Waals surface area contributed by atoms with Crippen molar-refractivity contribution in [1.29, 1.82) is 0 Å². The summed E-state index contributed by atoms with van der Waals surface area (Å²) in [6.45, 7) is 8.88. The number of rotatable bonds is 7. The van der Waals surface area contributed by atoms with Crippen LogP contribution in [0.25, 0.3) is 15.9 Å². The van der Waals surface area contributed by atoms with Crippen LogP contribution >= 0.6 is 23.1 Å². The number of ether oxygens (including phenoxy) is 1. The number of nitrogens with zero attached hydrogens (tertiary/aromatic N) is 4. The van der Waals surface area contributed by atoms with Crippen molar-refractivity contribution in [1.82, 2.24) is 24.9 Å². The minimum Gasteiger partial charge on any atom is -0.497 e. The molecule has 0 bridgehead atoms. The molecule has 0 saturated carbocycles. The van der Waals surface area contributed by atoms with Crippen molar-refractivity contribution in [2.45, 2.75) is 45.3 Å². The van der Waals surface area contributed by atoms with E-state index in [4.69, 9.17) is 9.72 Å². The SMILES string of the molecule is COc1ccc(CNC(=O)CSc2nnc3c4c(C)c(C)sc4nc(C(C)C)n23)cc1. The molecular formula is C22H25N5O2S2. The van der Waals surface area contributed by atoms with Crippen LogP contribution in [0.5, 0.6) is 5.75 Å². The van der Waals surface area contributed by atoms with Crippen LogP contribution in [0.2, 0.25) is 0 Å². The van der Waals surface area contributed by atoms with Crippen LogP contribution in [0, 0.1) is 13.8 Å². The van der Waals surface area contributed by atoms with Crippen molar-refractivity contribution in [3.8, 4) is 5.75 Å². The number of carbonyl (C=O) groups is 1. The smallest absolute Gasteiger partial charge is 0.230 e. The van der Waals surface area contributed by atoms with E-state index in [-0.39, 0.29) is 17.6 Å². The Labute approximate surface area is 189 Å². The largest absolute Gasteiger partial charge is 0.497 e. The van der Waals surface area contributed by atoms with Crippen LogP contribution in [0.4, 0.5) is 0 Å². The van der Waals surface area contributed by atoms with Crippen LogP contribution in [0.1, 0.15) is 41.6 Å². The zero-order valence-electron chi connectivity index (χ0n) is 18.2. The van der Waals surface area contributed by atoms with Gasteiger partial charge in [0, 0.05) is 17.3 Å². The molecule has 9 heteroatoms. The molecule has 0 unspecified atom stereocenters. The molecule has 0 radical (unpaired) electrons. The number of carbonyl (C=O) groups excluding carboxylic acids is 1.